The lowest BCUT2D eigenvalue weighted by Crippen LogP contribution is -2.57. The molecule has 4 rings (SSSR count). The summed E-state index contributed by atoms with van der Waals surface area (Å²) in [7, 11) is 1.87. The van der Waals surface area contributed by atoms with Crippen molar-refractivity contribution in [1.29, 1.82) is 0 Å². The van der Waals surface area contributed by atoms with Crippen LogP contribution in [-0.4, -0.2) is 46.3 Å². The lowest BCUT2D eigenvalue weighted by Gasteiger charge is -2.61. The Morgan fingerprint density at radius 1 is 0.962 bits per heavy atom. The average molecular weight is 364 g/mol. The Labute approximate surface area is 158 Å². The molecule has 0 aromatic carbocycles. The second-order valence-corrected chi connectivity index (χ2v) is 10.5. The summed E-state index contributed by atoms with van der Waals surface area (Å²) in [5, 5.41) is 21.1. The van der Waals surface area contributed by atoms with Crippen LogP contribution in [0.2, 0.25) is 0 Å². The fraction of sp³-hybridized carbons (Fsp3) is 0.955. The Morgan fingerprint density at radius 2 is 1.65 bits per heavy atom. The highest BCUT2D eigenvalue weighted by Gasteiger charge is 2.63. The number of aliphatic hydroxyl groups is 2. The van der Waals surface area contributed by atoms with Crippen LogP contribution < -0.4 is 0 Å². The maximum Gasteiger partial charge on any atom is 0.219 e. The number of hydrogen-bond acceptors (Lipinski definition) is 3. The fourth-order valence-electron chi connectivity index (χ4n) is 8.12. The smallest absolute Gasteiger partial charge is 0.219 e. The van der Waals surface area contributed by atoms with Gasteiger partial charge in [0.25, 0.3) is 0 Å². The van der Waals surface area contributed by atoms with Gasteiger partial charge in [0, 0.05) is 14.0 Å². The second-order valence-electron chi connectivity index (χ2n) is 10.5. The molecule has 0 spiro atoms. The monoisotopic (exact) mass is 363 g/mol. The minimum atomic E-state index is -0.392. The largest absolute Gasteiger partial charge is 0.393 e. The third-order valence-corrected chi connectivity index (χ3v) is 9.53. The minimum Gasteiger partial charge on any atom is -0.393 e. The van der Waals surface area contributed by atoms with E-state index in [1.165, 1.54) is 19.3 Å². The summed E-state index contributed by atoms with van der Waals surface area (Å²) in [6, 6.07) is -0.0374. The maximum absolute atomic E-state index is 12.0. The van der Waals surface area contributed by atoms with Gasteiger partial charge in [0.2, 0.25) is 5.91 Å². The van der Waals surface area contributed by atoms with Crippen LogP contribution in [0.5, 0.6) is 0 Å². The predicted molar refractivity (Wildman–Crippen MR) is 101 cm³/mol. The standard InChI is InChI=1S/C22H37NO3/c1-13(24)23(4)20-19(26)12-18-16-6-5-14-11-15(25)7-9-21(14,2)17(16)8-10-22(18,20)3/h14-20,25-26H,5-12H2,1-4H3/t14?,15?,16-,17-,18+,19?,20?,21+,22+/m1/s1. The average Bonchev–Trinajstić information content (AvgIpc) is 2.85. The highest BCUT2D eigenvalue weighted by atomic mass is 16.3. The lowest BCUT2D eigenvalue weighted by molar-refractivity contribution is -0.143. The minimum absolute atomic E-state index is 0.0374. The summed E-state index contributed by atoms with van der Waals surface area (Å²) in [5.41, 5.74) is 0.400. The molecule has 4 unspecified atom stereocenters. The molecule has 0 bridgehead atoms. The number of amides is 1. The zero-order valence-corrected chi connectivity index (χ0v) is 16.9. The van der Waals surface area contributed by atoms with E-state index in [1.54, 1.807) is 6.92 Å². The van der Waals surface area contributed by atoms with Crippen molar-refractivity contribution in [3.05, 3.63) is 0 Å². The van der Waals surface area contributed by atoms with Crippen molar-refractivity contribution in [1.82, 2.24) is 4.90 Å². The van der Waals surface area contributed by atoms with E-state index in [1.807, 2.05) is 11.9 Å². The number of carbonyl (C=O) groups excluding carboxylic acids is 1. The van der Waals surface area contributed by atoms with Gasteiger partial charge in [-0.1, -0.05) is 13.8 Å². The van der Waals surface area contributed by atoms with Crippen molar-refractivity contribution < 1.29 is 15.0 Å². The highest BCUT2D eigenvalue weighted by molar-refractivity contribution is 5.73. The molecule has 4 nitrogen and oxygen atoms in total. The first kappa shape index (κ1) is 18.7. The molecule has 26 heavy (non-hydrogen) atoms. The van der Waals surface area contributed by atoms with Crippen molar-refractivity contribution in [2.45, 2.75) is 90.4 Å². The van der Waals surface area contributed by atoms with E-state index in [0.717, 1.165) is 38.0 Å². The summed E-state index contributed by atoms with van der Waals surface area (Å²) >= 11 is 0. The van der Waals surface area contributed by atoms with E-state index in [4.69, 9.17) is 0 Å². The molecule has 0 saturated heterocycles. The molecule has 0 aromatic heterocycles. The quantitative estimate of drug-likeness (QED) is 0.752. The molecule has 4 heteroatoms. The van der Waals surface area contributed by atoms with Crippen LogP contribution >= 0.6 is 0 Å². The van der Waals surface area contributed by atoms with Crippen LogP contribution in [0.1, 0.15) is 72.1 Å². The van der Waals surface area contributed by atoms with Gasteiger partial charge in [-0.05, 0) is 85.9 Å². The summed E-state index contributed by atoms with van der Waals surface area (Å²) < 4.78 is 0. The fourth-order valence-corrected chi connectivity index (χ4v) is 8.12. The molecule has 0 aromatic rings. The van der Waals surface area contributed by atoms with Gasteiger partial charge in [-0.15, -0.1) is 0 Å². The molecule has 148 valence electrons. The van der Waals surface area contributed by atoms with E-state index in [0.29, 0.717) is 23.2 Å². The van der Waals surface area contributed by atoms with E-state index in [9.17, 15) is 15.0 Å². The molecule has 9 atom stereocenters. The number of nitrogens with zero attached hydrogens (tertiary/aromatic N) is 1. The lowest BCUT2D eigenvalue weighted by atomic mass is 9.45. The number of hydrogen-bond donors (Lipinski definition) is 2. The molecule has 4 aliphatic carbocycles. The normalized spacial score (nSPS) is 53.4. The number of rotatable bonds is 1. The summed E-state index contributed by atoms with van der Waals surface area (Å²) in [6.45, 7) is 6.45. The Morgan fingerprint density at radius 3 is 2.35 bits per heavy atom. The number of carbonyl (C=O) groups is 1. The van der Waals surface area contributed by atoms with Gasteiger partial charge in [0.15, 0.2) is 0 Å². The molecule has 2 N–H and O–H groups in total. The van der Waals surface area contributed by atoms with Crippen LogP contribution in [0.3, 0.4) is 0 Å². The van der Waals surface area contributed by atoms with E-state index < -0.39 is 6.10 Å². The SMILES string of the molecule is CC(=O)N(C)C1C(O)C[C@H]2[C@@H]3CCC4CC(O)CC[C@]4(C)[C@@H]3CC[C@]12C. The van der Waals surface area contributed by atoms with Crippen molar-refractivity contribution in [3.63, 3.8) is 0 Å². The van der Waals surface area contributed by atoms with E-state index in [2.05, 4.69) is 13.8 Å². The molecule has 0 radical (unpaired) electrons. The van der Waals surface area contributed by atoms with Gasteiger partial charge >= 0.3 is 0 Å². The first-order valence-corrected chi connectivity index (χ1v) is 10.8. The number of aliphatic hydroxyl groups excluding tert-OH is 2. The van der Waals surface area contributed by atoms with Crippen molar-refractivity contribution >= 4 is 5.91 Å². The van der Waals surface area contributed by atoms with Crippen LogP contribution in [-0.2, 0) is 4.79 Å². The molecule has 0 aliphatic heterocycles. The molecular weight excluding hydrogens is 326 g/mol. The molecule has 4 fully saturated rings. The number of fused-ring (bicyclic) bond motifs is 5. The van der Waals surface area contributed by atoms with Crippen molar-refractivity contribution in [2.24, 2.45) is 34.5 Å². The molecule has 1 amide bonds. The zero-order chi connectivity index (χ0) is 18.9. The third kappa shape index (κ3) is 2.51. The molecular formula is C22H37NO3. The van der Waals surface area contributed by atoms with E-state index in [-0.39, 0.29) is 23.5 Å². The van der Waals surface area contributed by atoms with E-state index >= 15 is 0 Å². The van der Waals surface area contributed by atoms with Crippen LogP contribution in [0, 0.1) is 34.5 Å². The summed E-state index contributed by atoms with van der Waals surface area (Å²) in [5.74, 6) is 2.65. The van der Waals surface area contributed by atoms with Gasteiger partial charge in [0.1, 0.15) is 0 Å². The van der Waals surface area contributed by atoms with Crippen LogP contribution in [0.15, 0.2) is 0 Å². The second kappa shape index (κ2) is 6.20. The third-order valence-electron chi connectivity index (χ3n) is 9.53. The molecule has 0 heterocycles. The topological polar surface area (TPSA) is 60.8 Å². The molecule has 4 saturated carbocycles. The zero-order valence-electron chi connectivity index (χ0n) is 16.9. The predicted octanol–water partition coefficient (Wildman–Crippen LogP) is 3.21. The van der Waals surface area contributed by atoms with Crippen LogP contribution in [0.25, 0.3) is 0 Å². The van der Waals surface area contributed by atoms with Gasteiger partial charge in [-0.3, -0.25) is 4.79 Å². The molecule has 4 aliphatic rings. The van der Waals surface area contributed by atoms with Crippen molar-refractivity contribution in [3.8, 4) is 0 Å². The van der Waals surface area contributed by atoms with Gasteiger partial charge in [-0.2, -0.15) is 0 Å². The first-order valence-electron chi connectivity index (χ1n) is 10.8. The summed E-state index contributed by atoms with van der Waals surface area (Å²) in [6.07, 6.45) is 8.25. The van der Waals surface area contributed by atoms with Gasteiger partial charge in [-0.25, -0.2) is 0 Å². The Bertz CT molecular complexity index is 580. The Kier molecular flexibility index (Phi) is 4.47. The van der Waals surface area contributed by atoms with Gasteiger partial charge < -0.3 is 15.1 Å². The highest BCUT2D eigenvalue weighted by Crippen LogP contribution is 2.66. The first-order chi connectivity index (χ1) is 12.2. The van der Waals surface area contributed by atoms with Crippen LogP contribution in [0.4, 0.5) is 0 Å². The van der Waals surface area contributed by atoms with Crippen molar-refractivity contribution in [2.75, 3.05) is 7.05 Å². The Hall–Kier alpha value is -0.610. The number of likely N-dealkylation sites (N-methyl/N-ethyl adjacent to an activating group) is 1. The summed E-state index contributed by atoms with van der Waals surface area (Å²) in [4.78, 5) is 13.9. The Balaban J connectivity index is 1.62. The maximum atomic E-state index is 12.0. The van der Waals surface area contributed by atoms with Gasteiger partial charge in [0.05, 0.1) is 18.2 Å².